The normalized spacial score (nSPS) is 20.1. The molecule has 5 heteroatoms. The van der Waals surface area contributed by atoms with Crippen molar-refractivity contribution >= 4 is 11.3 Å². The van der Waals surface area contributed by atoms with Crippen LogP contribution in [-0.4, -0.2) is 29.0 Å². The Morgan fingerprint density at radius 3 is 2.86 bits per heavy atom. The summed E-state index contributed by atoms with van der Waals surface area (Å²) in [5.74, 6) is 0. The van der Waals surface area contributed by atoms with E-state index in [-0.39, 0.29) is 4.87 Å². The van der Waals surface area contributed by atoms with E-state index in [1.165, 1.54) is 11.3 Å². The molecule has 4 nitrogen and oxygen atoms in total. The highest BCUT2D eigenvalue weighted by Crippen LogP contribution is 2.11. The summed E-state index contributed by atoms with van der Waals surface area (Å²) in [4.78, 5) is 16.1. The zero-order valence-corrected chi connectivity index (χ0v) is 8.85. The zero-order chi connectivity index (χ0) is 9.97. The van der Waals surface area contributed by atoms with Gasteiger partial charge in [-0.25, -0.2) is 0 Å². The lowest BCUT2D eigenvalue weighted by Crippen LogP contribution is -2.39. The van der Waals surface area contributed by atoms with Crippen molar-refractivity contribution < 1.29 is 0 Å². The second kappa shape index (κ2) is 4.25. The van der Waals surface area contributed by atoms with Gasteiger partial charge in [-0.2, -0.15) is 0 Å². The standard InChI is InChI=1S/C9H15N3OS/c10-7-1-3-12(4-2-7)5-8-6-14-9(13)11-8/h6-7H,1-5,10H2,(H,11,13). The molecule has 0 spiro atoms. The van der Waals surface area contributed by atoms with Crippen LogP contribution in [-0.2, 0) is 6.54 Å². The smallest absolute Gasteiger partial charge is 0.304 e. The van der Waals surface area contributed by atoms with Crippen molar-refractivity contribution in [3.05, 3.63) is 20.7 Å². The minimum absolute atomic E-state index is 0.0358. The fraction of sp³-hybridized carbons (Fsp3) is 0.667. The van der Waals surface area contributed by atoms with E-state index in [1.807, 2.05) is 5.38 Å². The highest BCUT2D eigenvalue weighted by atomic mass is 32.1. The van der Waals surface area contributed by atoms with Gasteiger partial charge in [0, 0.05) is 36.8 Å². The SMILES string of the molecule is NC1CCN(Cc2csc(=O)[nH]2)CC1. The molecule has 1 aromatic heterocycles. The van der Waals surface area contributed by atoms with Gasteiger partial charge >= 0.3 is 4.87 Å². The van der Waals surface area contributed by atoms with Crippen LogP contribution in [0.15, 0.2) is 10.2 Å². The Balaban J connectivity index is 1.89. The van der Waals surface area contributed by atoms with Crippen molar-refractivity contribution in [1.82, 2.24) is 9.88 Å². The highest BCUT2D eigenvalue weighted by molar-refractivity contribution is 7.07. The molecular weight excluding hydrogens is 198 g/mol. The Bertz CT molecular complexity index is 338. The van der Waals surface area contributed by atoms with Crippen LogP contribution >= 0.6 is 11.3 Å². The van der Waals surface area contributed by atoms with E-state index in [9.17, 15) is 4.79 Å². The van der Waals surface area contributed by atoms with E-state index >= 15 is 0 Å². The van der Waals surface area contributed by atoms with Gasteiger partial charge in [0.25, 0.3) is 0 Å². The van der Waals surface area contributed by atoms with Gasteiger partial charge in [0.1, 0.15) is 0 Å². The molecule has 14 heavy (non-hydrogen) atoms. The Morgan fingerprint density at radius 1 is 1.57 bits per heavy atom. The van der Waals surface area contributed by atoms with Crippen molar-refractivity contribution in [2.75, 3.05) is 13.1 Å². The third-order valence-corrected chi connectivity index (χ3v) is 3.32. The summed E-state index contributed by atoms with van der Waals surface area (Å²) in [5.41, 5.74) is 6.84. The number of aromatic amines is 1. The topological polar surface area (TPSA) is 62.1 Å². The number of nitrogens with zero attached hydrogens (tertiary/aromatic N) is 1. The fourth-order valence-corrected chi connectivity index (χ4v) is 2.32. The third-order valence-electron chi connectivity index (χ3n) is 2.60. The van der Waals surface area contributed by atoms with Gasteiger partial charge in [-0.05, 0) is 12.8 Å². The molecule has 1 aliphatic rings. The molecular formula is C9H15N3OS. The van der Waals surface area contributed by atoms with Crippen LogP contribution in [0.2, 0.25) is 0 Å². The lowest BCUT2D eigenvalue weighted by molar-refractivity contribution is 0.204. The van der Waals surface area contributed by atoms with Crippen LogP contribution in [0.1, 0.15) is 18.5 Å². The summed E-state index contributed by atoms with van der Waals surface area (Å²) in [5, 5.41) is 1.90. The predicted octanol–water partition coefficient (Wildman–Crippen LogP) is 0.359. The molecule has 3 N–H and O–H groups in total. The third kappa shape index (κ3) is 2.43. The zero-order valence-electron chi connectivity index (χ0n) is 8.03. The fourth-order valence-electron chi connectivity index (χ4n) is 1.74. The molecule has 0 aliphatic carbocycles. The van der Waals surface area contributed by atoms with Crippen molar-refractivity contribution in [3.8, 4) is 0 Å². The molecule has 1 aromatic rings. The summed E-state index contributed by atoms with van der Waals surface area (Å²) in [6.07, 6.45) is 2.13. The van der Waals surface area contributed by atoms with E-state index in [2.05, 4.69) is 9.88 Å². The van der Waals surface area contributed by atoms with Crippen molar-refractivity contribution in [3.63, 3.8) is 0 Å². The summed E-state index contributed by atoms with van der Waals surface area (Å²) in [7, 11) is 0. The monoisotopic (exact) mass is 213 g/mol. The van der Waals surface area contributed by atoms with Crippen LogP contribution in [0.25, 0.3) is 0 Å². The van der Waals surface area contributed by atoms with Gasteiger partial charge in [-0.1, -0.05) is 11.3 Å². The summed E-state index contributed by atoms with van der Waals surface area (Å²) < 4.78 is 0. The van der Waals surface area contributed by atoms with Gasteiger partial charge in [-0.15, -0.1) is 0 Å². The Labute approximate surface area is 86.7 Å². The number of thiazole rings is 1. The largest absolute Gasteiger partial charge is 0.328 e. The molecule has 1 aliphatic heterocycles. The van der Waals surface area contributed by atoms with Crippen LogP contribution in [0.5, 0.6) is 0 Å². The van der Waals surface area contributed by atoms with Crippen LogP contribution in [0.3, 0.4) is 0 Å². The number of aromatic nitrogens is 1. The van der Waals surface area contributed by atoms with E-state index in [1.54, 1.807) is 0 Å². The second-order valence-corrected chi connectivity index (χ2v) is 4.63. The van der Waals surface area contributed by atoms with Crippen molar-refractivity contribution in [1.29, 1.82) is 0 Å². The summed E-state index contributed by atoms with van der Waals surface area (Å²) in [6, 6.07) is 0.368. The molecule has 0 atom stereocenters. The molecule has 0 saturated carbocycles. The first-order valence-corrected chi connectivity index (χ1v) is 5.76. The summed E-state index contributed by atoms with van der Waals surface area (Å²) in [6.45, 7) is 2.93. The average molecular weight is 213 g/mol. The van der Waals surface area contributed by atoms with Gasteiger partial charge in [-0.3, -0.25) is 9.69 Å². The first kappa shape index (κ1) is 9.89. The minimum Gasteiger partial charge on any atom is -0.328 e. The number of hydrogen-bond acceptors (Lipinski definition) is 4. The second-order valence-electron chi connectivity index (χ2n) is 3.79. The van der Waals surface area contributed by atoms with Crippen LogP contribution < -0.4 is 10.6 Å². The molecule has 0 radical (unpaired) electrons. The Kier molecular flexibility index (Phi) is 3.00. The lowest BCUT2D eigenvalue weighted by atomic mass is 10.1. The first-order chi connectivity index (χ1) is 6.74. The number of likely N-dealkylation sites (tertiary alicyclic amines) is 1. The highest BCUT2D eigenvalue weighted by Gasteiger charge is 2.16. The number of H-pyrrole nitrogens is 1. The van der Waals surface area contributed by atoms with Gasteiger partial charge in [0.15, 0.2) is 0 Å². The maximum absolute atomic E-state index is 10.9. The van der Waals surface area contributed by atoms with Crippen LogP contribution in [0, 0.1) is 0 Å². The molecule has 1 fully saturated rings. The first-order valence-electron chi connectivity index (χ1n) is 4.88. The molecule has 0 aromatic carbocycles. The average Bonchev–Trinajstić information content (AvgIpc) is 2.56. The lowest BCUT2D eigenvalue weighted by Gasteiger charge is -2.29. The maximum Gasteiger partial charge on any atom is 0.304 e. The Morgan fingerprint density at radius 2 is 2.29 bits per heavy atom. The van der Waals surface area contributed by atoms with Crippen molar-refractivity contribution in [2.24, 2.45) is 5.73 Å². The number of piperidine rings is 1. The molecule has 78 valence electrons. The molecule has 0 bridgehead atoms. The van der Waals surface area contributed by atoms with E-state index < -0.39 is 0 Å². The molecule has 0 unspecified atom stereocenters. The number of nitrogens with two attached hydrogens (primary N) is 1. The van der Waals surface area contributed by atoms with Crippen molar-refractivity contribution in [2.45, 2.75) is 25.4 Å². The molecule has 1 saturated heterocycles. The quantitative estimate of drug-likeness (QED) is 0.745. The number of rotatable bonds is 2. The van der Waals surface area contributed by atoms with Gasteiger partial charge in [0.05, 0.1) is 0 Å². The maximum atomic E-state index is 10.9. The number of nitrogens with one attached hydrogen (secondary N) is 1. The summed E-state index contributed by atoms with van der Waals surface area (Å²) >= 11 is 1.23. The van der Waals surface area contributed by atoms with Gasteiger partial charge < -0.3 is 10.7 Å². The number of hydrogen-bond donors (Lipinski definition) is 2. The van der Waals surface area contributed by atoms with E-state index in [0.29, 0.717) is 6.04 Å². The van der Waals surface area contributed by atoms with E-state index in [4.69, 9.17) is 5.73 Å². The minimum atomic E-state index is 0.0358. The molecule has 2 heterocycles. The molecule has 2 rings (SSSR count). The Hall–Kier alpha value is -0.650. The predicted molar refractivity (Wildman–Crippen MR) is 57.4 cm³/mol. The molecule has 0 amide bonds. The van der Waals surface area contributed by atoms with E-state index in [0.717, 1.165) is 38.2 Å². The van der Waals surface area contributed by atoms with Gasteiger partial charge in [0.2, 0.25) is 0 Å². The van der Waals surface area contributed by atoms with Crippen LogP contribution in [0.4, 0.5) is 0 Å².